The van der Waals surface area contributed by atoms with Crippen LogP contribution >= 0.6 is 0 Å². The number of pyridine rings is 4. The largest absolute Gasteiger partial charge is 0.254 e. The molecule has 1 aliphatic carbocycles. The number of aryl methyl sites for hydroxylation is 4. The average molecular weight is 731 g/mol. The molecule has 1 aliphatic rings. The van der Waals surface area contributed by atoms with Crippen LogP contribution < -0.4 is 0 Å². The summed E-state index contributed by atoms with van der Waals surface area (Å²) in [6.45, 7) is 9.01. The first kappa shape index (κ1) is 33.3. The van der Waals surface area contributed by atoms with Crippen molar-refractivity contribution >= 4 is 43.6 Å². The van der Waals surface area contributed by atoms with E-state index in [4.69, 9.17) is 19.9 Å². The van der Waals surface area contributed by atoms with Gasteiger partial charge in [-0.15, -0.1) is 0 Å². The zero-order chi connectivity index (χ0) is 38.4. The molecule has 270 valence electrons. The van der Waals surface area contributed by atoms with Gasteiger partial charge in [0.05, 0.1) is 38.9 Å². The van der Waals surface area contributed by atoms with Crippen molar-refractivity contribution in [1.29, 1.82) is 0 Å². The SMILES string of the molecule is Cc1cc(C2(c3cc(C)c(-c4ccc5ccc6cccnc6c5n4)cc3C)c3ccccc3-c3ccccc32)c(C)cc1-c1ccc2ccc3cccnc3c2n1. The van der Waals surface area contributed by atoms with Crippen molar-refractivity contribution in [2.75, 3.05) is 0 Å². The lowest BCUT2D eigenvalue weighted by molar-refractivity contribution is 0.752. The highest BCUT2D eigenvalue weighted by atomic mass is 14.8. The van der Waals surface area contributed by atoms with Crippen LogP contribution in [0.1, 0.15) is 44.5 Å². The van der Waals surface area contributed by atoms with Gasteiger partial charge in [-0.05, 0) is 120 Å². The summed E-state index contributed by atoms with van der Waals surface area (Å²) in [5, 5.41) is 4.37. The Hall–Kier alpha value is -7.04. The average Bonchev–Trinajstić information content (AvgIpc) is 3.55. The molecule has 4 heterocycles. The summed E-state index contributed by atoms with van der Waals surface area (Å²) in [7, 11) is 0. The Balaban J connectivity index is 1.14. The van der Waals surface area contributed by atoms with E-state index < -0.39 is 5.41 Å². The Morgan fingerprint density at radius 3 is 1.19 bits per heavy atom. The summed E-state index contributed by atoms with van der Waals surface area (Å²) in [6.07, 6.45) is 3.70. The van der Waals surface area contributed by atoms with E-state index >= 15 is 0 Å². The number of nitrogens with zero attached hydrogens (tertiary/aromatic N) is 4. The normalized spacial score (nSPS) is 13.1. The van der Waals surface area contributed by atoms with Gasteiger partial charge in [-0.2, -0.15) is 0 Å². The minimum atomic E-state index is -0.554. The van der Waals surface area contributed by atoms with E-state index in [1.807, 2.05) is 24.5 Å². The topological polar surface area (TPSA) is 51.6 Å². The van der Waals surface area contributed by atoms with Crippen LogP contribution in [0.3, 0.4) is 0 Å². The third-order valence-electron chi connectivity index (χ3n) is 12.3. The highest BCUT2D eigenvalue weighted by molar-refractivity contribution is 6.04. The van der Waals surface area contributed by atoms with E-state index in [0.717, 1.165) is 66.1 Å². The quantitative estimate of drug-likeness (QED) is 0.169. The molecule has 4 aromatic heterocycles. The maximum atomic E-state index is 5.28. The molecule has 0 aliphatic heterocycles. The Labute approximate surface area is 331 Å². The van der Waals surface area contributed by atoms with Gasteiger partial charge in [0.25, 0.3) is 0 Å². The molecule has 0 radical (unpaired) electrons. The summed E-state index contributed by atoms with van der Waals surface area (Å²) in [5.41, 5.74) is 19.9. The van der Waals surface area contributed by atoms with Crippen LogP contribution in [0.2, 0.25) is 0 Å². The lowest BCUT2D eigenvalue weighted by atomic mass is 9.64. The number of benzene rings is 6. The number of rotatable bonds is 4. The van der Waals surface area contributed by atoms with E-state index in [0.29, 0.717) is 0 Å². The molecule has 0 fully saturated rings. The van der Waals surface area contributed by atoms with Crippen LogP contribution in [-0.2, 0) is 5.41 Å². The zero-order valence-corrected chi connectivity index (χ0v) is 32.3. The fourth-order valence-electron chi connectivity index (χ4n) is 9.70. The van der Waals surface area contributed by atoms with Crippen molar-refractivity contribution in [2.45, 2.75) is 33.1 Å². The fourth-order valence-corrected chi connectivity index (χ4v) is 9.70. The van der Waals surface area contributed by atoms with Gasteiger partial charge in [0.1, 0.15) is 0 Å². The van der Waals surface area contributed by atoms with Crippen LogP contribution in [0.15, 0.2) is 158 Å². The molecule has 0 atom stereocenters. The molecule has 0 saturated heterocycles. The van der Waals surface area contributed by atoms with Gasteiger partial charge in [-0.1, -0.05) is 109 Å². The van der Waals surface area contributed by atoms with E-state index in [2.05, 4.69) is 161 Å². The second-order valence-corrected chi connectivity index (χ2v) is 15.6. The Morgan fingerprint density at radius 1 is 0.333 bits per heavy atom. The van der Waals surface area contributed by atoms with Gasteiger partial charge >= 0.3 is 0 Å². The fraction of sp³-hybridized carbons (Fsp3) is 0.0943. The van der Waals surface area contributed by atoms with E-state index in [-0.39, 0.29) is 0 Å². The van der Waals surface area contributed by atoms with Crippen molar-refractivity contribution < 1.29 is 0 Å². The third kappa shape index (κ3) is 4.87. The molecule has 0 unspecified atom stereocenters. The molecule has 0 amide bonds. The highest BCUT2D eigenvalue weighted by Crippen LogP contribution is 2.58. The molecule has 10 aromatic rings. The summed E-state index contributed by atoms with van der Waals surface area (Å²) in [5.74, 6) is 0. The van der Waals surface area contributed by atoms with Gasteiger partial charge in [0.2, 0.25) is 0 Å². The monoisotopic (exact) mass is 730 g/mol. The molecule has 4 heteroatoms. The molecule has 0 bridgehead atoms. The van der Waals surface area contributed by atoms with Gasteiger partial charge in [0, 0.05) is 45.1 Å². The van der Waals surface area contributed by atoms with Crippen LogP contribution in [0.4, 0.5) is 0 Å². The van der Waals surface area contributed by atoms with Crippen LogP contribution in [0.25, 0.3) is 77.3 Å². The lowest BCUT2D eigenvalue weighted by Crippen LogP contribution is -2.31. The first-order chi connectivity index (χ1) is 27.9. The number of hydrogen-bond donors (Lipinski definition) is 0. The molecular weight excluding hydrogens is 693 g/mol. The van der Waals surface area contributed by atoms with Gasteiger partial charge in [0.15, 0.2) is 0 Å². The molecule has 0 saturated carbocycles. The lowest BCUT2D eigenvalue weighted by Gasteiger charge is -2.37. The summed E-state index contributed by atoms with van der Waals surface area (Å²) in [4.78, 5) is 20.0. The minimum absolute atomic E-state index is 0.554. The minimum Gasteiger partial charge on any atom is -0.254 e. The van der Waals surface area contributed by atoms with Crippen molar-refractivity contribution in [2.24, 2.45) is 0 Å². The van der Waals surface area contributed by atoms with Crippen molar-refractivity contribution in [3.05, 3.63) is 202 Å². The molecule has 0 spiro atoms. The Bertz CT molecular complexity index is 3080. The standard InChI is InChI=1S/C53H38N4/c1-31-29-45(33(3)27-41(31)47-23-21-37-19-17-35-11-9-25-54-49(35)51(37)56-47)53(43-15-7-5-13-39(43)40-14-6-8-16-44(40)53)46-30-32(2)42(28-34(46)4)48-24-22-38-20-18-36-12-10-26-55-50(36)52(38)57-48/h5-30H,1-4H3. The van der Waals surface area contributed by atoms with E-state index in [1.165, 1.54) is 55.6 Å². The van der Waals surface area contributed by atoms with Crippen molar-refractivity contribution in [3.8, 4) is 33.6 Å². The predicted octanol–water partition coefficient (Wildman–Crippen LogP) is 12.8. The number of aromatic nitrogens is 4. The number of hydrogen-bond acceptors (Lipinski definition) is 4. The molecule has 11 rings (SSSR count). The van der Waals surface area contributed by atoms with Gasteiger partial charge in [-0.25, -0.2) is 9.97 Å². The maximum absolute atomic E-state index is 5.28. The van der Waals surface area contributed by atoms with Crippen molar-refractivity contribution in [3.63, 3.8) is 0 Å². The Kier molecular flexibility index (Phi) is 7.30. The smallest absolute Gasteiger partial charge is 0.0972 e. The summed E-state index contributed by atoms with van der Waals surface area (Å²) >= 11 is 0. The first-order valence-electron chi connectivity index (χ1n) is 19.6. The summed E-state index contributed by atoms with van der Waals surface area (Å²) in [6, 6.07) is 52.9. The third-order valence-corrected chi connectivity index (χ3v) is 12.3. The molecule has 0 N–H and O–H groups in total. The van der Waals surface area contributed by atoms with Crippen LogP contribution in [0.5, 0.6) is 0 Å². The van der Waals surface area contributed by atoms with Gasteiger partial charge in [-0.3, -0.25) is 9.97 Å². The Morgan fingerprint density at radius 2 is 0.737 bits per heavy atom. The highest BCUT2D eigenvalue weighted by Gasteiger charge is 2.47. The second-order valence-electron chi connectivity index (χ2n) is 15.6. The van der Waals surface area contributed by atoms with E-state index in [1.54, 1.807) is 0 Å². The first-order valence-corrected chi connectivity index (χ1v) is 19.6. The van der Waals surface area contributed by atoms with Crippen molar-refractivity contribution in [1.82, 2.24) is 19.9 Å². The number of fused-ring (bicyclic) bond motifs is 9. The van der Waals surface area contributed by atoms with Crippen LogP contribution in [0, 0.1) is 27.7 Å². The van der Waals surface area contributed by atoms with E-state index in [9.17, 15) is 0 Å². The molecule has 6 aromatic carbocycles. The predicted molar refractivity (Wildman–Crippen MR) is 235 cm³/mol. The molecule has 4 nitrogen and oxygen atoms in total. The maximum Gasteiger partial charge on any atom is 0.0972 e. The second kappa shape index (κ2) is 12.5. The van der Waals surface area contributed by atoms with Crippen LogP contribution in [-0.4, -0.2) is 19.9 Å². The molecule has 57 heavy (non-hydrogen) atoms. The van der Waals surface area contributed by atoms with Gasteiger partial charge < -0.3 is 0 Å². The summed E-state index contributed by atoms with van der Waals surface area (Å²) < 4.78 is 0. The zero-order valence-electron chi connectivity index (χ0n) is 32.3. The molecular formula is C53H38N4.